The summed E-state index contributed by atoms with van der Waals surface area (Å²) in [5, 5.41) is 0. The van der Waals surface area contributed by atoms with Crippen LogP contribution in [-0.4, -0.2) is 0 Å². The second-order valence-electron chi connectivity index (χ2n) is 16.1. The zero-order valence-corrected chi connectivity index (χ0v) is 34.6. The van der Waals surface area contributed by atoms with Gasteiger partial charge in [-0.1, -0.05) is 176 Å². The third-order valence-corrected chi connectivity index (χ3v) is 12.8. The van der Waals surface area contributed by atoms with E-state index < -0.39 is 5.41 Å². The van der Waals surface area contributed by atoms with Gasteiger partial charge in [-0.25, -0.2) is 0 Å². The van der Waals surface area contributed by atoms with E-state index in [1.165, 1.54) is 61.2 Å². The summed E-state index contributed by atoms with van der Waals surface area (Å²) in [6, 6.07) is 83.8. The second-order valence-corrected chi connectivity index (χ2v) is 16.1. The summed E-state index contributed by atoms with van der Waals surface area (Å²) in [6.07, 6.45) is 2.10. The van der Waals surface area contributed by atoms with Gasteiger partial charge in [0.1, 0.15) is 0 Å². The van der Waals surface area contributed by atoms with Gasteiger partial charge >= 0.3 is 0 Å². The predicted molar refractivity (Wildman–Crippen MR) is 261 cm³/mol. The van der Waals surface area contributed by atoms with E-state index in [1.54, 1.807) is 0 Å². The van der Waals surface area contributed by atoms with E-state index in [0.29, 0.717) is 0 Å². The van der Waals surface area contributed by atoms with Gasteiger partial charge < -0.3 is 9.80 Å². The van der Waals surface area contributed by atoms with Gasteiger partial charge in [0, 0.05) is 34.0 Å². The van der Waals surface area contributed by atoms with E-state index in [4.69, 9.17) is 0 Å². The van der Waals surface area contributed by atoms with Gasteiger partial charge in [0.25, 0.3) is 0 Å². The first kappa shape index (κ1) is 37.1. The Balaban J connectivity index is 1.18. The molecule has 0 heterocycles. The molecule has 294 valence electrons. The smallest absolute Gasteiger partial charge is 0.0731 e. The number of hydrogen-bond acceptors (Lipinski definition) is 2. The molecule has 1 spiro atoms. The number of rotatable bonds is 9. The Morgan fingerprint density at radius 1 is 0.371 bits per heavy atom. The lowest BCUT2D eigenvalue weighted by Crippen LogP contribution is -2.27. The molecule has 62 heavy (non-hydrogen) atoms. The van der Waals surface area contributed by atoms with Crippen molar-refractivity contribution in [1.29, 1.82) is 0 Å². The van der Waals surface area contributed by atoms with Crippen LogP contribution in [0.1, 0.15) is 33.4 Å². The first-order valence-corrected chi connectivity index (χ1v) is 21.4. The topological polar surface area (TPSA) is 6.48 Å². The SMILES string of the molecule is C=CC1=C(c2ccccc2C)C2(c3ccc(N(c4ccccc4)c4ccccc4)cc31)c1ccccc1-c1cc(N(c3ccccc3)c3ccccc3-c3ccccc3)ccc12. The fourth-order valence-electron chi connectivity index (χ4n) is 10.2. The van der Waals surface area contributed by atoms with Gasteiger partial charge in [0.15, 0.2) is 0 Å². The summed E-state index contributed by atoms with van der Waals surface area (Å²) in [7, 11) is 0. The number of benzene rings is 9. The summed E-state index contributed by atoms with van der Waals surface area (Å²) < 4.78 is 0. The predicted octanol–water partition coefficient (Wildman–Crippen LogP) is 16.0. The minimum Gasteiger partial charge on any atom is -0.310 e. The molecule has 0 radical (unpaired) electrons. The summed E-state index contributed by atoms with van der Waals surface area (Å²) in [6.45, 7) is 6.80. The van der Waals surface area contributed by atoms with E-state index in [9.17, 15) is 0 Å². The molecule has 1 unspecified atom stereocenters. The summed E-state index contributed by atoms with van der Waals surface area (Å²) in [4.78, 5) is 4.77. The van der Waals surface area contributed by atoms with Crippen molar-refractivity contribution in [2.45, 2.75) is 12.3 Å². The number of allylic oxidation sites excluding steroid dienone is 3. The number of fused-ring (bicyclic) bond motifs is 7. The van der Waals surface area contributed by atoms with Crippen molar-refractivity contribution in [1.82, 2.24) is 0 Å². The maximum atomic E-state index is 4.56. The molecule has 9 aromatic carbocycles. The van der Waals surface area contributed by atoms with Crippen LogP contribution in [0.2, 0.25) is 0 Å². The van der Waals surface area contributed by atoms with Gasteiger partial charge in [-0.3, -0.25) is 0 Å². The summed E-state index contributed by atoms with van der Waals surface area (Å²) in [5.74, 6) is 0. The van der Waals surface area contributed by atoms with Gasteiger partial charge in [0.05, 0.1) is 11.1 Å². The molecule has 0 saturated carbocycles. The highest BCUT2D eigenvalue weighted by molar-refractivity contribution is 6.13. The highest BCUT2D eigenvalue weighted by Crippen LogP contribution is 2.66. The van der Waals surface area contributed by atoms with Crippen LogP contribution in [0.25, 0.3) is 33.4 Å². The third-order valence-electron chi connectivity index (χ3n) is 12.8. The lowest BCUT2D eigenvalue weighted by Gasteiger charge is -2.34. The minimum atomic E-state index is -0.599. The highest BCUT2D eigenvalue weighted by atomic mass is 15.1. The van der Waals surface area contributed by atoms with Crippen molar-refractivity contribution >= 4 is 45.3 Å². The average Bonchev–Trinajstić information content (AvgIpc) is 3.79. The van der Waals surface area contributed by atoms with Crippen LogP contribution in [0.15, 0.2) is 243 Å². The van der Waals surface area contributed by atoms with Gasteiger partial charge in [-0.15, -0.1) is 0 Å². The Hall–Kier alpha value is -7.94. The average molecular weight is 793 g/mol. The minimum absolute atomic E-state index is 0.599. The molecule has 11 rings (SSSR count). The van der Waals surface area contributed by atoms with Crippen molar-refractivity contribution < 1.29 is 0 Å². The molecule has 2 nitrogen and oxygen atoms in total. The molecular formula is C60H44N2. The molecule has 0 bridgehead atoms. The molecule has 0 N–H and O–H groups in total. The molecule has 9 aromatic rings. The van der Waals surface area contributed by atoms with Crippen LogP contribution in [-0.2, 0) is 5.41 Å². The monoisotopic (exact) mass is 792 g/mol. The van der Waals surface area contributed by atoms with Crippen molar-refractivity contribution in [3.63, 3.8) is 0 Å². The quantitative estimate of drug-likeness (QED) is 0.144. The zero-order chi connectivity index (χ0) is 41.6. The summed E-state index contributed by atoms with van der Waals surface area (Å²) >= 11 is 0. The molecule has 0 aromatic heterocycles. The molecule has 2 heteroatoms. The highest BCUT2D eigenvalue weighted by Gasteiger charge is 2.53. The van der Waals surface area contributed by atoms with Gasteiger partial charge in [-0.2, -0.15) is 0 Å². The summed E-state index contributed by atoms with van der Waals surface area (Å²) in [5.41, 5.74) is 20.8. The van der Waals surface area contributed by atoms with Crippen LogP contribution < -0.4 is 9.80 Å². The van der Waals surface area contributed by atoms with Gasteiger partial charge in [0.2, 0.25) is 0 Å². The molecule has 0 amide bonds. The maximum absolute atomic E-state index is 4.56. The Kier molecular flexibility index (Phi) is 9.13. The molecule has 1 atom stereocenters. The van der Waals surface area contributed by atoms with Crippen LogP contribution in [0.3, 0.4) is 0 Å². The van der Waals surface area contributed by atoms with E-state index >= 15 is 0 Å². The van der Waals surface area contributed by atoms with E-state index in [2.05, 4.69) is 260 Å². The molecule has 0 fully saturated rings. The number of hydrogen-bond donors (Lipinski definition) is 0. The van der Waals surface area contributed by atoms with Crippen LogP contribution in [0.5, 0.6) is 0 Å². The first-order chi connectivity index (χ1) is 30.7. The van der Waals surface area contributed by atoms with E-state index in [-0.39, 0.29) is 0 Å². The van der Waals surface area contributed by atoms with Crippen LogP contribution in [0.4, 0.5) is 34.1 Å². The molecular weight excluding hydrogens is 749 g/mol. The Bertz CT molecular complexity index is 3110. The number of nitrogens with zero attached hydrogens (tertiary/aromatic N) is 2. The zero-order valence-electron chi connectivity index (χ0n) is 34.6. The lowest BCUT2D eigenvalue weighted by atomic mass is 9.67. The largest absolute Gasteiger partial charge is 0.310 e. The van der Waals surface area contributed by atoms with E-state index in [1.807, 2.05) is 0 Å². The fourth-order valence-corrected chi connectivity index (χ4v) is 10.2. The molecule has 0 saturated heterocycles. The van der Waals surface area contributed by atoms with Crippen molar-refractivity contribution in [3.8, 4) is 22.3 Å². The molecule has 0 aliphatic heterocycles. The van der Waals surface area contributed by atoms with Crippen LogP contribution in [0, 0.1) is 6.92 Å². The molecule has 2 aliphatic rings. The Morgan fingerprint density at radius 2 is 0.823 bits per heavy atom. The Morgan fingerprint density at radius 3 is 1.44 bits per heavy atom. The van der Waals surface area contributed by atoms with E-state index in [0.717, 1.165) is 39.7 Å². The number of aryl methyl sites for hydroxylation is 1. The second kappa shape index (κ2) is 15.3. The number of para-hydroxylation sites is 4. The number of anilines is 6. The normalized spacial score (nSPS) is 14.6. The Labute approximate surface area is 364 Å². The fraction of sp³-hybridized carbons (Fsp3) is 0.0333. The maximum Gasteiger partial charge on any atom is 0.0731 e. The van der Waals surface area contributed by atoms with Crippen LogP contribution >= 0.6 is 0 Å². The van der Waals surface area contributed by atoms with Crippen molar-refractivity contribution in [2.24, 2.45) is 0 Å². The molecule has 2 aliphatic carbocycles. The van der Waals surface area contributed by atoms with Gasteiger partial charge in [-0.05, 0) is 135 Å². The lowest BCUT2D eigenvalue weighted by molar-refractivity contribution is 0.840. The first-order valence-electron chi connectivity index (χ1n) is 21.4. The van der Waals surface area contributed by atoms with Crippen molar-refractivity contribution in [3.05, 3.63) is 277 Å². The van der Waals surface area contributed by atoms with Crippen molar-refractivity contribution in [2.75, 3.05) is 9.80 Å². The standard InChI is InChI=1S/C60H44N2/c1-3-49-53-40-47(61(44-25-10-5-11-26-44)45-27-12-6-13-28-45)36-38-56(53)60(59(49)50-31-17-16-22-42(50)2)55-34-20-18-33-52(55)54-41-48(37-39-57(54)60)62(46-29-14-7-15-30-46)58-35-21-19-32-51(58)43-23-8-4-9-24-43/h3-41H,1H2,2H3. The third kappa shape index (κ3) is 5.79.